The van der Waals surface area contributed by atoms with E-state index in [4.69, 9.17) is 15.2 Å². The standard InChI is InChI=1S/C14H15NO2S/c1-8-9(2)18-14(15)13(8)10-3-4-11-12(7-10)17-6-5-16-11/h3-4,7H,5-6,15H2,1-2H3. The highest BCUT2D eigenvalue weighted by atomic mass is 32.1. The minimum absolute atomic E-state index is 0.605. The Balaban J connectivity index is 2.12. The number of fused-ring (bicyclic) bond motifs is 1. The van der Waals surface area contributed by atoms with Crippen LogP contribution in [0.2, 0.25) is 0 Å². The summed E-state index contributed by atoms with van der Waals surface area (Å²) < 4.78 is 11.1. The molecule has 1 aliphatic heterocycles. The van der Waals surface area contributed by atoms with Gasteiger partial charge in [-0.05, 0) is 37.1 Å². The second kappa shape index (κ2) is 4.21. The van der Waals surface area contributed by atoms with Crippen molar-refractivity contribution in [3.63, 3.8) is 0 Å². The number of nitrogen functional groups attached to an aromatic ring is 1. The lowest BCUT2D eigenvalue weighted by atomic mass is 10.0. The SMILES string of the molecule is Cc1sc(N)c(-c2ccc3c(c2)OCCO3)c1C. The Labute approximate surface area is 110 Å². The summed E-state index contributed by atoms with van der Waals surface area (Å²) in [6.07, 6.45) is 0. The molecule has 18 heavy (non-hydrogen) atoms. The molecule has 0 amide bonds. The van der Waals surface area contributed by atoms with E-state index in [0.717, 1.165) is 27.6 Å². The average Bonchev–Trinajstić information content (AvgIpc) is 2.63. The Hall–Kier alpha value is -1.68. The van der Waals surface area contributed by atoms with E-state index in [1.807, 2.05) is 18.2 Å². The molecule has 1 aromatic carbocycles. The van der Waals surface area contributed by atoms with Crippen LogP contribution >= 0.6 is 11.3 Å². The van der Waals surface area contributed by atoms with E-state index >= 15 is 0 Å². The molecule has 1 aliphatic rings. The van der Waals surface area contributed by atoms with E-state index in [2.05, 4.69) is 13.8 Å². The molecule has 0 spiro atoms. The van der Waals surface area contributed by atoms with Crippen molar-refractivity contribution in [3.05, 3.63) is 28.6 Å². The van der Waals surface area contributed by atoms with Crippen LogP contribution in [0.25, 0.3) is 11.1 Å². The van der Waals surface area contributed by atoms with Gasteiger partial charge in [-0.1, -0.05) is 6.07 Å². The smallest absolute Gasteiger partial charge is 0.161 e. The van der Waals surface area contributed by atoms with Gasteiger partial charge in [0.15, 0.2) is 11.5 Å². The summed E-state index contributed by atoms with van der Waals surface area (Å²) in [5.41, 5.74) is 9.56. The lowest BCUT2D eigenvalue weighted by molar-refractivity contribution is 0.171. The molecule has 2 aromatic rings. The molecule has 2 N–H and O–H groups in total. The van der Waals surface area contributed by atoms with Crippen LogP contribution in [0.4, 0.5) is 5.00 Å². The summed E-state index contributed by atoms with van der Waals surface area (Å²) in [7, 11) is 0. The molecule has 0 atom stereocenters. The van der Waals surface area contributed by atoms with Crippen LogP contribution < -0.4 is 15.2 Å². The van der Waals surface area contributed by atoms with Crippen LogP contribution in [0.1, 0.15) is 10.4 Å². The zero-order valence-electron chi connectivity index (χ0n) is 10.4. The minimum Gasteiger partial charge on any atom is -0.486 e. The first-order valence-electron chi connectivity index (χ1n) is 5.92. The van der Waals surface area contributed by atoms with Gasteiger partial charge in [0.2, 0.25) is 0 Å². The summed E-state index contributed by atoms with van der Waals surface area (Å²) in [5, 5.41) is 0.863. The van der Waals surface area contributed by atoms with Crippen molar-refractivity contribution in [2.24, 2.45) is 0 Å². The summed E-state index contributed by atoms with van der Waals surface area (Å²) in [6.45, 7) is 5.42. The predicted molar refractivity (Wildman–Crippen MR) is 74.6 cm³/mol. The van der Waals surface area contributed by atoms with E-state index in [9.17, 15) is 0 Å². The first kappa shape index (κ1) is 11.4. The van der Waals surface area contributed by atoms with Crippen molar-refractivity contribution in [1.29, 1.82) is 0 Å². The first-order chi connectivity index (χ1) is 8.66. The van der Waals surface area contributed by atoms with Gasteiger partial charge in [-0.25, -0.2) is 0 Å². The topological polar surface area (TPSA) is 44.5 Å². The number of rotatable bonds is 1. The Kier molecular flexibility index (Phi) is 2.67. The molecule has 0 aliphatic carbocycles. The van der Waals surface area contributed by atoms with Gasteiger partial charge in [0.1, 0.15) is 13.2 Å². The number of hydrogen-bond donors (Lipinski definition) is 1. The van der Waals surface area contributed by atoms with Gasteiger partial charge >= 0.3 is 0 Å². The van der Waals surface area contributed by atoms with Crippen LogP contribution in [-0.2, 0) is 0 Å². The second-order valence-corrected chi connectivity index (χ2v) is 5.64. The number of ether oxygens (including phenoxy) is 2. The van der Waals surface area contributed by atoms with E-state index in [1.165, 1.54) is 10.4 Å². The maximum absolute atomic E-state index is 6.10. The van der Waals surface area contributed by atoms with E-state index < -0.39 is 0 Å². The molecule has 0 bridgehead atoms. The first-order valence-corrected chi connectivity index (χ1v) is 6.74. The maximum atomic E-state index is 6.10. The quantitative estimate of drug-likeness (QED) is 0.855. The lowest BCUT2D eigenvalue weighted by Crippen LogP contribution is -2.15. The fraction of sp³-hybridized carbons (Fsp3) is 0.286. The molecule has 0 saturated heterocycles. The van der Waals surface area contributed by atoms with Crippen molar-refractivity contribution in [3.8, 4) is 22.6 Å². The van der Waals surface area contributed by atoms with Gasteiger partial charge in [0.05, 0.1) is 5.00 Å². The normalized spacial score (nSPS) is 13.7. The molecular weight excluding hydrogens is 246 g/mol. The molecule has 1 aromatic heterocycles. The molecule has 0 unspecified atom stereocenters. The zero-order chi connectivity index (χ0) is 12.7. The summed E-state index contributed by atoms with van der Waals surface area (Å²) >= 11 is 1.63. The van der Waals surface area contributed by atoms with Crippen LogP contribution in [0.3, 0.4) is 0 Å². The molecular formula is C14H15NO2S. The molecule has 0 fully saturated rings. The molecule has 0 radical (unpaired) electrons. The molecule has 4 heteroatoms. The van der Waals surface area contributed by atoms with Gasteiger partial charge in [0, 0.05) is 10.4 Å². The van der Waals surface area contributed by atoms with Crippen molar-refractivity contribution in [2.45, 2.75) is 13.8 Å². The highest BCUT2D eigenvalue weighted by molar-refractivity contribution is 7.16. The number of hydrogen-bond acceptors (Lipinski definition) is 4. The summed E-state index contributed by atoms with van der Waals surface area (Å²) in [4.78, 5) is 1.26. The highest BCUT2D eigenvalue weighted by Gasteiger charge is 2.16. The van der Waals surface area contributed by atoms with E-state index in [0.29, 0.717) is 13.2 Å². The van der Waals surface area contributed by atoms with Crippen molar-refractivity contribution >= 4 is 16.3 Å². The number of benzene rings is 1. The number of aryl methyl sites for hydroxylation is 1. The lowest BCUT2D eigenvalue weighted by Gasteiger charge is -2.19. The summed E-state index contributed by atoms with van der Waals surface area (Å²) in [6, 6.07) is 6.01. The monoisotopic (exact) mass is 261 g/mol. The van der Waals surface area contributed by atoms with Gasteiger partial charge in [-0.3, -0.25) is 0 Å². The van der Waals surface area contributed by atoms with Crippen molar-refractivity contribution in [1.82, 2.24) is 0 Å². The van der Waals surface area contributed by atoms with Crippen molar-refractivity contribution in [2.75, 3.05) is 18.9 Å². The van der Waals surface area contributed by atoms with Crippen LogP contribution in [0.15, 0.2) is 18.2 Å². The fourth-order valence-corrected chi connectivity index (χ4v) is 3.17. The van der Waals surface area contributed by atoms with E-state index in [-0.39, 0.29) is 0 Å². The Morgan fingerprint density at radius 1 is 1.11 bits per heavy atom. The molecule has 0 saturated carbocycles. The predicted octanol–water partition coefficient (Wildman–Crippen LogP) is 3.39. The number of thiophene rings is 1. The third kappa shape index (κ3) is 1.73. The molecule has 3 rings (SSSR count). The van der Waals surface area contributed by atoms with Crippen LogP contribution in [0.5, 0.6) is 11.5 Å². The molecule has 94 valence electrons. The van der Waals surface area contributed by atoms with Gasteiger partial charge in [-0.15, -0.1) is 11.3 Å². The van der Waals surface area contributed by atoms with E-state index in [1.54, 1.807) is 11.3 Å². The van der Waals surface area contributed by atoms with Gasteiger partial charge in [0.25, 0.3) is 0 Å². The van der Waals surface area contributed by atoms with Crippen LogP contribution in [-0.4, -0.2) is 13.2 Å². The third-order valence-electron chi connectivity index (χ3n) is 3.24. The molecule has 2 heterocycles. The molecule has 3 nitrogen and oxygen atoms in total. The largest absolute Gasteiger partial charge is 0.486 e. The van der Waals surface area contributed by atoms with Crippen molar-refractivity contribution < 1.29 is 9.47 Å². The van der Waals surface area contributed by atoms with Gasteiger partial charge < -0.3 is 15.2 Å². The second-order valence-electron chi connectivity index (χ2n) is 4.38. The average molecular weight is 261 g/mol. The minimum atomic E-state index is 0.605. The zero-order valence-corrected chi connectivity index (χ0v) is 11.3. The van der Waals surface area contributed by atoms with Gasteiger partial charge in [-0.2, -0.15) is 0 Å². The number of anilines is 1. The Morgan fingerprint density at radius 3 is 2.50 bits per heavy atom. The highest BCUT2D eigenvalue weighted by Crippen LogP contribution is 2.41. The third-order valence-corrected chi connectivity index (χ3v) is 4.28. The maximum Gasteiger partial charge on any atom is 0.161 e. The summed E-state index contributed by atoms with van der Waals surface area (Å²) in [5.74, 6) is 1.62. The van der Waals surface area contributed by atoms with Crippen LogP contribution in [0, 0.1) is 13.8 Å². The number of nitrogens with two attached hydrogens (primary N) is 1. The fourth-order valence-electron chi connectivity index (χ4n) is 2.21. The Bertz CT molecular complexity index is 604. The Morgan fingerprint density at radius 2 is 1.83 bits per heavy atom.